The molecule has 0 rings (SSSR count). The van der Waals surface area contributed by atoms with Crippen LogP contribution in [-0.4, -0.2) is 37.2 Å². The molecule has 0 aliphatic rings. The molecule has 0 saturated heterocycles. The van der Waals surface area contributed by atoms with Crippen molar-refractivity contribution in [2.75, 3.05) is 13.2 Å². The Kier molecular flexibility index (Phi) is 37.0. The molecule has 6 heteroatoms. The van der Waals surface area contributed by atoms with E-state index in [1.165, 1.54) is 128 Å². The summed E-state index contributed by atoms with van der Waals surface area (Å²) in [4.78, 5) is 37.6. The lowest BCUT2D eigenvalue weighted by Gasteiger charge is -2.18. The summed E-state index contributed by atoms with van der Waals surface area (Å²) in [6.45, 7) is 11.3. The molecular formula is C45H86O6. The van der Waals surface area contributed by atoms with Crippen LogP contribution in [0, 0.1) is 11.8 Å². The molecule has 0 amide bonds. The lowest BCUT2D eigenvalue weighted by atomic mass is 10.00. The van der Waals surface area contributed by atoms with E-state index in [1.807, 2.05) is 0 Å². The van der Waals surface area contributed by atoms with Crippen molar-refractivity contribution < 1.29 is 28.6 Å². The lowest BCUT2D eigenvalue weighted by molar-refractivity contribution is -0.167. The first kappa shape index (κ1) is 49.4. The van der Waals surface area contributed by atoms with Crippen LogP contribution >= 0.6 is 0 Å². The second kappa shape index (κ2) is 38.1. The fourth-order valence-electron chi connectivity index (χ4n) is 6.54. The van der Waals surface area contributed by atoms with Gasteiger partial charge in [-0.1, -0.05) is 202 Å². The zero-order valence-electron chi connectivity index (χ0n) is 34.7. The molecule has 0 spiro atoms. The van der Waals surface area contributed by atoms with E-state index in [9.17, 15) is 14.4 Å². The molecule has 0 bridgehead atoms. The van der Waals surface area contributed by atoms with E-state index in [4.69, 9.17) is 14.2 Å². The van der Waals surface area contributed by atoms with Gasteiger partial charge in [0.2, 0.25) is 0 Å². The zero-order valence-corrected chi connectivity index (χ0v) is 34.7. The standard InChI is InChI=1S/C45H86O6/c1-6-8-9-10-11-12-13-14-15-16-19-25-30-35-43(46)49-38-42(51-45(48)37-32-27-20-17-18-23-28-33-40(3)4)39-50-44(47)36-31-26-22-21-24-29-34-41(5)7-2/h40-42H,6-39H2,1-5H3/t41?,42-/m0/s1. The highest BCUT2D eigenvalue weighted by Crippen LogP contribution is 2.17. The summed E-state index contributed by atoms with van der Waals surface area (Å²) in [5, 5.41) is 0. The average molecular weight is 723 g/mol. The van der Waals surface area contributed by atoms with Gasteiger partial charge in [-0.25, -0.2) is 0 Å². The zero-order chi connectivity index (χ0) is 37.6. The Labute approximate surface area is 317 Å². The van der Waals surface area contributed by atoms with Crippen molar-refractivity contribution in [3.05, 3.63) is 0 Å². The molecule has 302 valence electrons. The molecule has 0 radical (unpaired) electrons. The molecule has 0 aliphatic carbocycles. The number of hydrogen-bond donors (Lipinski definition) is 0. The molecule has 0 saturated carbocycles. The van der Waals surface area contributed by atoms with Crippen LogP contribution in [0.5, 0.6) is 0 Å². The fourth-order valence-corrected chi connectivity index (χ4v) is 6.54. The minimum Gasteiger partial charge on any atom is -0.462 e. The fraction of sp³-hybridized carbons (Fsp3) is 0.933. The predicted octanol–water partition coefficient (Wildman–Crippen LogP) is 13.8. The number of ether oxygens (including phenoxy) is 3. The van der Waals surface area contributed by atoms with E-state index in [2.05, 4.69) is 34.6 Å². The van der Waals surface area contributed by atoms with Crippen molar-refractivity contribution in [2.45, 2.75) is 246 Å². The molecule has 51 heavy (non-hydrogen) atoms. The number of hydrogen-bond acceptors (Lipinski definition) is 6. The minimum absolute atomic E-state index is 0.0661. The number of rotatable bonds is 39. The second-order valence-electron chi connectivity index (χ2n) is 16.1. The van der Waals surface area contributed by atoms with Crippen molar-refractivity contribution in [2.24, 2.45) is 11.8 Å². The largest absolute Gasteiger partial charge is 0.462 e. The van der Waals surface area contributed by atoms with Gasteiger partial charge in [0, 0.05) is 19.3 Å². The molecule has 0 heterocycles. The van der Waals surface area contributed by atoms with Crippen LogP contribution in [-0.2, 0) is 28.6 Å². The third kappa shape index (κ3) is 38.0. The van der Waals surface area contributed by atoms with Crippen LogP contribution < -0.4 is 0 Å². The van der Waals surface area contributed by atoms with Crippen LogP contribution in [0.4, 0.5) is 0 Å². The van der Waals surface area contributed by atoms with E-state index in [0.717, 1.165) is 69.6 Å². The van der Waals surface area contributed by atoms with Crippen LogP contribution in [0.15, 0.2) is 0 Å². The normalized spacial score (nSPS) is 12.6. The molecular weight excluding hydrogens is 636 g/mol. The third-order valence-corrected chi connectivity index (χ3v) is 10.3. The number of carbonyl (C=O) groups excluding carboxylic acids is 3. The summed E-state index contributed by atoms with van der Waals surface area (Å²) in [7, 11) is 0. The number of unbranched alkanes of at least 4 members (excludes halogenated alkanes) is 23. The Hall–Kier alpha value is -1.59. The van der Waals surface area contributed by atoms with Gasteiger partial charge in [0.1, 0.15) is 13.2 Å². The van der Waals surface area contributed by atoms with Gasteiger partial charge in [0.05, 0.1) is 0 Å². The Bertz CT molecular complexity index is 781. The van der Waals surface area contributed by atoms with Gasteiger partial charge in [-0.05, 0) is 31.1 Å². The Balaban J connectivity index is 4.34. The highest BCUT2D eigenvalue weighted by molar-refractivity contribution is 5.71. The average Bonchev–Trinajstić information content (AvgIpc) is 3.11. The highest BCUT2D eigenvalue weighted by atomic mass is 16.6. The van der Waals surface area contributed by atoms with E-state index in [0.29, 0.717) is 19.3 Å². The Morgan fingerprint density at radius 2 is 0.745 bits per heavy atom. The maximum Gasteiger partial charge on any atom is 0.306 e. The van der Waals surface area contributed by atoms with E-state index >= 15 is 0 Å². The molecule has 0 aromatic rings. The van der Waals surface area contributed by atoms with Crippen molar-refractivity contribution in [3.8, 4) is 0 Å². The predicted molar refractivity (Wildman–Crippen MR) is 215 cm³/mol. The molecule has 2 atom stereocenters. The second-order valence-corrected chi connectivity index (χ2v) is 16.1. The van der Waals surface area contributed by atoms with Gasteiger partial charge in [-0.3, -0.25) is 14.4 Å². The first-order valence-corrected chi connectivity index (χ1v) is 22.3. The molecule has 1 unspecified atom stereocenters. The first-order valence-electron chi connectivity index (χ1n) is 22.3. The van der Waals surface area contributed by atoms with Gasteiger partial charge in [0.25, 0.3) is 0 Å². The van der Waals surface area contributed by atoms with Crippen molar-refractivity contribution in [1.82, 2.24) is 0 Å². The quantitative estimate of drug-likeness (QED) is 0.0357. The van der Waals surface area contributed by atoms with Crippen LogP contribution in [0.1, 0.15) is 240 Å². The summed E-state index contributed by atoms with van der Waals surface area (Å²) in [6.07, 6.45) is 35.2. The Morgan fingerprint density at radius 3 is 1.12 bits per heavy atom. The van der Waals surface area contributed by atoms with E-state index in [1.54, 1.807) is 0 Å². The minimum atomic E-state index is -0.761. The third-order valence-electron chi connectivity index (χ3n) is 10.3. The summed E-state index contributed by atoms with van der Waals surface area (Å²) in [6, 6.07) is 0. The van der Waals surface area contributed by atoms with Crippen molar-refractivity contribution in [3.63, 3.8) is 0 Å². The molecule has 0 N–H and O–H groups in total. The van der Waals surface area contributed by atoms with Gasteiger partial charge < -0.3 is 14.2 Å². The number of esters is 3. The van der Waals surface area contributed by atoms with Gasteiger partial charge in [-0.2, -0.15) is 0 Å². The van der Waals surface area contributed by atoms with Crippen LogP contribution in [0.3, 0.4) is 0 Å². The van der Waals surface area contributed by atoms with Crippen molar-refractivity contribution >= 4 is 17.9 Å². The summed E-state index contributed by atoms with van der Waals surface area (Å²) < 4.78 is 16.7. The topological polar surface area (TPSA) is 78.9 Å². The SMILES string of the molecule is CCCCCCCCCCCCCCCC(=O)OC[C@@H](COC(=O)CCCCCCCCC(C)CC)OC(=O)CCCCCCCCCC(C)C. The molecule has 0 fully saturated rings. The van der Waals surface area contributed by atoms with Crippen molar-refractivity contribution in [1.29, 1.82) is 0 Å². The molecule has 0 aromatic heterocycles. The maximum absolute atomic E-state index is 12.7. The monoisotopic (exact) mass is 723 g/mol. The van der Waals surface area contributed by atoms with E-state index in [-0.39, 0.29) is 31.1 Å². The van der Waals surface area contributed by atoms with Crippen LogP contribution in [0.25, 0.3) is 0 Å². The molecule has 6 nitrogen and oxygen atoms in total. The van der Waals surface area contributed by atoms with E-state index < -0.39 is 6.10 Å². The number of carbonyl (C=O) groups is 3. The summed E-state index contributed by atoms with van der Waals surface area (Å²) in [5.74, 6) is 0.728. The molecule has 0 aliphatic heterocycles. The van der Waals surface area contributed by atoms with Gasteiger partial charge >= 0.3 is 17.9 Å². The maximum atomic E-state index is 12.7. The lowest BCUT2D eigenvalue weighted by Crippen LogP contribution is -2.30. The summed E-state index contributed by atoms with van der Waals surface area (Å²) in [5.41, 5.74) is 0. The van der Waals surface area contributed by atoms with Gasteiger partial charge in [0.15, 0.2) is 6.10 Å². The highest BCUT2D eigenvalue weighted by Gasteiger charge is 2.19. The molecule has 0 aromatic carbocycles. The smallest absolute Gasteiger partial charge is 0.306 e. The first-order chi connectivity index (χ1) is 24.8. The van der Waals surface area contributed by atoms with Gasteiger partial charge in [-0.15, -0.1) is 0 Å². The van der Waals surface area contributed by atoms with Crippen LogP contribution in [0.2, 0.25) is 0 Å². The summed E-state index contributed by atoms with van der Waals surface area (Å²) >= 11 is 0. The Morgan fingerprint density at radius 1 is 0.412 bits per heavy atom.